The summed E-state index contributed by atoms with van der Waals surface area (Å²) in [7, 11) is -3.93. The molecule has 21 heavy (non-hydrogen) atoms. The van der Waals surface area contributed by atoms with Crippen LogP contribution in [0.3, 0.4) is 0 Å². The van der Waals surface area contributed by atoms with E-state index in [9.17, 15) is 21.6 Å². The molecule has 1 saturated carbocycles. The zero-order chi connectivity index (χ0) is 15.7. The Labute approximate surface area is 121 Å². The van der Waals surface area contributed by atoms with Crippen molar-refractivity contribution in [3.8, 4) is 6.07 Å². The summed E-state index contributed by atoms with van der Waals surface area (Å²) in [4.78, 5) is -0.357. The lowest BCUT2D eigenvalue weighted by Crippen LogP contribution is -2.32. The Hall–Kier alpha value is -1.55. The maximum absolute atomic E-state index is 12.7. The predicted octanol–water partition coefficient (Wildman–Crippen LogP) is 3.56. The van der Waals surface area contributed by atoms with E-state index in [0.717, 1.165) is 24.6 Å². The predicted molar refractivity (Wildman–Crippen MR) is 70.0 cm³/mol. The molecule has 2 unspecified atom stereocenters. The van der Waals surface area contributed by atoms with Crippen LogP contribution in [-0.2, 0) is 16.0 Å². The lowest BCUT2D eigenvalue weighted by molar-refractivity contribution is -0.137. The smallest absolute Gasteiger partial charge is 0.223 e. The van der Waals surface area contributed by atoms with Crippen molar-refractivity contribution in [1.29, 1.82) is 5.26 Å². The van der Waals surface area contributed by atoms with Crippen molar-refractivity contribution in [2.75, 3.05) is 0 Å². The molecule has 0 aromatic heterocycles. The summed E-state index contributed by atoms with van der Waals surface area (Å²) in [5, 5.41) is 8.14. The monoisotopic (exact) mass is 317 g/mol. The average molecular weight is 317 g/mol. The molecule has 0 bridgehead atoms. The highest BCUT2D eigenvalue weighted by Crippen LogP contribution is 2.35. The van der Waals surface area contributed by atoms with Gasteiger partial charge in [-0.05, 0) is 31.0 Å². The van der Waals surface area contributed by atoms with Crippen LogP contribution in [0, 0.1) is 17.2 Å². The number of hydrogen-bond acceptors (Lipinski definition) is 3. The number of hydrogen-bond donors (Lipinski definition) is 0. The van der Waals surface area contributed by atoms with Crippen LogP contribution in [0.15, 0.2) is 29.2 Å². The van der Waals surface area contributed by atoms with Crippen LogP contribution in [0.4, 0.5) is 13.2 Å². The third-order valence-electron chi connectivity index (χ3n) is 3.76. The molecule has 3 nitrogen and oxygen atoms in total. The summed E-state index contributed by atoms with van der Waals surface area (Å²) in [6.07, 6.45) is -2.36. The van der Waals surface area contributed by atoms with E-state index in [2.05, 4.69) is 0 Å². The minimum Gasteiger partial charge on any atom is -0.223 e. The summed E-state index contributed by atoms with van der Waals surface area (Å²) in [5.41, 5.74) is -0.993. The molecular weight excluding hydrogens is 303 g/mol. The first kappa shape index (κ1) is 15.8. The zero-order valence-electron chi connectivity index (χ0n) is 11.1. The molecule has 1 aromatic carbocycles. The highest BCUT2D eigenvalue weighted by Gasteiger charge is 2.38. The second-order valence-electron chi connectivity index (χ2n) is 5.13. The highest BCUT2D eigenvalue weighted by atomic mass is 32.2. The van der Waals surface area contributed by atoms with Gasteiger partial charge in [0.15, 0.2) is 9.84 Å². The Morgan fingerprint density at radius 2 is 1.86 bits per heavy atom. The molecule has 0 radical (unpaired) electrons. The first-order valence-electron chi connectivity index (χ1n) is 6.57. The highest BCUT2D eigenvalue weighted by molar-refractivity contribution is 7.92. The van der Waals surface area contributed by atoms with Gasteiger partial charge in [0.05, 0.1) is 27.7 Å². The maximum atomic E-state index is 12.7. The molecule has 0 heterocycles. The van der Waals surface area contributed by atoms with E-state index in [4.69, 9.17) is 5.26 Å². The largest absolute Gasteiger partial charge is 0.416 e. The Bertz CT molecular complexity index is 662. The van der Waals surface area contributed by atoms with E-state index in [0.29, 0.717) is 25.3 Å². The van der Waals surface area contributed by atoms with Crippen LogP contribution in [-0.4, -0.2) is 13.7 Å². The van der Waals surface area contributed by atoms with Crippen LogP contribution < -0.4 is 0 Å². The van der Waals surface area contributed by atoms with Crippen molar-refractivity contribution in [2.45, 2.75) is 42.0 Å². The fourth-order valence-corrected chi connectivity index (χ4v) is 4.66. The molecule has 2 rings (SSSR count). The molecule has 1 aromatic rings. The number of benzene rings is 1. The van der Waals surface area contributed by atoms with Crippen molar-refractivity contribution < 1.29 is 21.6 Å². The Kier molecular flexibility index (Phi) is 4.28. The molecular formula is C14H14F3NO2S. The van der Waals surface area contributed by atoms with Gasteiger partial charge in [0.2, 0.25) is 0 Å². The normalized spacial score (nSPS) is 23.5. The summed E-state index contributed by atoms with van der Waals surface area (Å²) in [6.45, 7) is 0. The van der Waals surface area contributed by atoms with Crippen LogP contribution in [0.25, 0.3) is 0 Å². The van der Waals surface area contributed by atoms with Crippen molar-refractivity contribution in [3.63, 3.8) is 0 Å². The molecule has 7 heteroatoms. The third kappa shape index (κ3) is 3.21. The molecule has 0 N–H and O–H groups in total. The fourth-order valence-electron chi connectivity index (χ4n) is 2.64. The van der Waals surface area contributed by atoms with Gasteiger partial charge in [-0.1, -0.05) is 18.9 Å². The van der Waals surface area contributed by atoms with Gasteiger partial charge in [-0.15, -0.1) is 0 Å². The molecule has 0 spiro atoms. The van der Waals surface area contributed by atoms with Gasteiger partial charge in [0.1, 0.15) is 0 Å². The van der Waals surface area contributed by atoms with Gasteiger partial charge in [0, 0.05) is 0 Å². The zero-order valence-corrected chi connectivity index (χ0v) is 11.9. The molecule has 0 aliphatic heterocycles. The number of rotatable bonds is 2. The van der Waals surface area contributed by atoms with Gasteiger partial charge < -0.3 is 0 Å². The number of halogens is 3. The van der Waals surface area contributed by atoms with Gasteiger partial charge in [-0.2, -0.15) is 18.4 Å². The minimum atomic E-state index is -4.59. The van der Waals surface area contributed by atoms with Gasteiger partial charge >= 0.3 is 6.18 Å². The van der Waals surface area contributed by atoms with Crippen LogP contribution in [0.1, 0.15) is 31.2 Å². The van der Waals surface area contributed by atoms with E-state index >= 15 is 0 Å². The topological polar surface area (TPSA) is 57.9 Å². The second kappa shape index (κ2) is 5.68. The first-order chi connectivity index (χ1) is 9.76. The Morgan fingerprint density at radius 1 is 1.19 bits per heavy atom. The maximum Gasteiger partial charge on any atom is 0.416 e. The summed E-state index contributed by atoms with van der Waals surface area (Å²) in [6, 6.07) is 5.70. The molecule has 1 fully saturated rings. The van der Waals surface area contributed by atoms with E-state index in [-0.39, 0.29) is 4.90 Å². The number of alkyl halides is 3. The number of sulfone groups is 1. The van der Waals surface area contributed by atoms with Crippen LogP contribution in [0.2, 0.25) is 0 Å². The third-order valence-corrected chi connectivity index (χ3v) is 6.03. The van der Waals surface area contributed by atoms with E-state index in [1.807, 2.05) is 6.07 Å². The quantitative estimate of drug-likeness (QED) is 0.838. The Morgan fingerprint density at radius 3 is 2.48 bits per heavy atom. The lowest BCUT2D eigenvalue weighted by Gasteiger charge is -2.26. The number of nitriles is 1. The van der Waals surface area contributed by atoms with Gasteiger partial charge in [-0.25, -0.2) is 8.42 Å². The molecule has 2 atom stereocenters. The van der Waals surface area contributed by atoms with Crippen LogP contribution in [0.5, 0.6) is 0 Å². The second-order valence-corrected chi connectivity index (χ2v) is 7.30. The van der Waals surface area contributed by atoms with Gasteiger partial charge in [0.25, 0.3) is 0 Å². The van der Waals surface area contributed by atoms with Crippen molar-refractivity contribution in [2.24, 2.45) is 5.92 Å². The average Bonchev–Trinajstić information content (AvgIpc) is 2.46. The van der Waals surface area contributed by atoms with Crippen molar-refractivity contribution >= 4 is 9.84 Å². The summed E-state index contributed by atoms with van der Waals surface area (Å²) in [5.74, 6) is -0.654. The van der Waals surface area contributed by atoms with E-state index in [1.54, 1.807) is 0 Å². The van der Waals surface area contributed by atoms with Gasteiger partial charge in [-0.3, -0.25) is 0 Å². The van der Waals surface area contributed by atoms with E-state index in [1.165, 1.54) is 0 Å². The standard InChI is InChI=1S/C14H14F3NO2S/c15-14(16,17)11-5-3-6-12(8-11)21(19,20)13-7-2-1-4-10(13)9-18/h3,5-6,8,10,13H,1-2,4,7H2. The molecule has 0 saturated heterocycles. The number of nitrogens with zero attached hydrogens (tertiary/aromatic N) is 1. The van der Waals surface area contributed by atoms with Crippen LogP contribution >= 0.6 is 0 Å². The van der Waals surface area contributed by atoms with Crippen molar-refractivity contribution in [3.05, 3.63) is 29.8 Å². The lowest BCUT2D eigenvalue weighted by atomic mass is 9.90. The fraction of sp³-hybridized carbons (Fsp3) is 0.500. The molecule has 1 aliphatic rings. The first-order valence-corrected chi connectivity index (χ1v) is 8.12. The SMILES string of the molecule is N#CC1CCCCC1S(=O)(=O)c1cccc(C(F)(F)F)c1. The summed E-state index contributed by atoms with van der Waals surface area (Å²) >= 11 is 0. The molecule has 0 amide bonds. The Balaban J connectivity index is 2.42. The molecule has 114 valence electrons. The minimum absolute atomic E-state index is 0.316. The summed E-state index contributed by atoms with van der Waals surface area (Å²) < 4.78 is 63.1. The van der Waals surface area contributed by atoms with Crippen molar-refractivity contribution in [1.82, 2.24) is 0 Å². The molecule has 1 aliphatic carbocycles. The van der Waals surface area contributed by atoms with E-state index < -0.39 is 32.7 Å².